The zero-order chi connectivity index (χ0) is 24.2. The van der Waals surface area contributed by atoms with Crippen LogP contribution >= 0.6 is 11.3 Å². The molecule has 0 radical (unpaired) electrons. The van der Waals surface area contributed by atoms with Crippen molar-refractivity contribution < 1.29 is 9.90 Å². The van der Waals surface area contributed by atoms with Crippen LogP contribution in [0.2, 0.25) is 0 Å². The third kappa shape index (κ3) is 3.98. The molecule has 9 nitrogen and oxygen atoms in total. The first-order valence-electron chi connectivity index (χ1n) is 11.6. The van der Waals surface area contributed by atoms with Gasteiger partial charge in [-0.15, -0.1) is 11.3 Å². The number of likely N-dealkylation sites (tertiary alicyclic amines) is 1. The van der Waals surface area contributed by atoms with Crippen molar-refractivity contribution in [3.8, 4) is 22.0 Å². The van der Waals surface area contributed by atoms with Gasteiger partial charge in [0.2, 0.25) is 5.95 Å². The maximum absolute atomic E-state index is 12.5. The lowest BCUT2D eigenvalue weighted by atomic mass is 9.91. The average Bonchev–Trinajstić information content (AvgIpc) is 3.40. The SMILES string of the molecule is CN1CC[C@@](O)(c2cccc(-c3nc(-c4ccnc(Nc5cc(C6CC6)nn5C)n4)cs3)c2)C1=O. The second kappa shape index (κ2) is 8.24. The van der Waals surface area contributed by atoms with Crippen LogP contribution in [0.1, 0.15) is 36.4 Å². The first kappa shape index (κ1) is 21.9. The van der Waals surface area contributed by atoms with E-state index in [0.717, 1.165) is 27.8 Å². The molecule has 4 aromatic rings. The molecular formula is C25H25N7O2S. The minimum atomic E-state index is -1.48. The van der Waals surface area contributed by atoms with E-state index in [-0.39, 0.29) is 5.91 Å². The minimum absolute atomic E-state index is 0.270. The highest BCUT2D eigenvalue weighted by atomic mass is 32.1. The summed E-state index contributed by atoms with van der Waals surface area (Å²) in [6.45, 7) is 0.533. The average molecular weight is 488 g/mol. The van der Waals surface area contributed by atoms with Gasteiger partial charge in [0, 0.05) is 56.2 Å². The molecule has 1 aromatic carbocycles. The molecule has 35 heavy (non-hydrogen) atoms. The number of carbonyl (C=O) groups excluding carboxylic acids is 1. The molecule has 1 aliphatic heterocycles. The molecule has 0 spiro atoms. The highest BCUT2D eigenvalue weighted by Crippen LogP contribution is 2.40. The van der Waals surface area contributed by atoms with Gasteiger partial charge in [-0.25, -0.2) is 15.0 Å². The first-order chi connectivity index (χ1) is 16.9. The Morgan fingerprint density at radius 3 is 2.77 bits per heavy atom. The second-order valence-corrected chi connectivity index (χ2v) is 10.1. The molecule has 3 aromatic heterocycles. The normalized spacial score (nSPS) is 20.0. The molecule has 1 aliphatic carbocycles. The monoisotopic (exact) mass is 487 g/mol. The van der Waals surface area contributed by atoms with Crippen molar-refractivity contribution >= 4 is 29.0 Å². The van der Waals surface area contributed by atoms with Crippen LogP contribution in [-0.4, -0.2) is 54.2 Å². The highest BCUT2D eigenvalue weighted by molar-refractivity contribution is 7.13. The Balaban J connectivity index is 1.25. The van der Waals surface area contributed by atoms with Crippen LogP contribution < -0.4 is 5.32 Å². The summed E-state index contributed by atoms with van der Waals surface area (Å²) in [4.78, 5) is 27.9. The lowest BCUT2D eigenvalue weighted by Gasteiger charge is -2.21. The van der Waals surface area contributed by atoms with Crippen molar-refractivity contribution in [2.24, 2.45) is 7.05 Å². The number of nitrogens with zero attached hydrogens (tertiary/aromatic N) is 6. The maximum Gasteiger partial charge on any atom is 0.258 e. The van der Waals surface area contributed by atoms with Gasteiger partial charge in [-0.3, -0.25) is 9.48 Å². The Bertz CT molecular complexity index is 1430. The fourth-order valence-corrected chi connectivity index (χ4v) is 5.23. The summed E-state index contributed by atoms with van der Waals surface area (Å²) in [6, 6.07) is 11.3. The zero-order valence-electron chi connectivity index (χ0n) is 19.5. The van der Waals surface area contributed by atoms with Gasteiger partial charge in [0.1, 0.15) is 16.5 Å². The molecule has 1 saturated heterocycles. The van der Waals surface area contributed by atoms with E-state index in [9.17, 15) is 9.90 Å². The minimum Gasteiger partial charge on any atom is -0.375 e. The van der Waals surface area contributed by atoms with Crippen LogP contribution in [-0.2, 0) is 17.4 Å². The Morgan fingerprint density at radius 1 is 1.14 bits per heavy atom. The van der Waals surface area contributed by atoms with E-state index < -0.39 is 5.60 Å². The van der Waals surface area contributed by atoms with Gasteiger partial charge < -0.3 is 15.3 Å². The first-order valence-corrected chi connectivity index (χ1v) is 12.5. The number of thiazole rings is 1. The molecule has 0 bridgehead atoms. The summed E-state index contributed by atoms with van der Waals surface area (Å²) in [5.41, 5.74) is 2.51. The number of carbonyl (C=O) groups is 1. The van der Waals surface area contributed by atoms with E-state index in [1.807, 2.05) is 41.4 Å². The third-order valence-electron chi connectivity index (χ3n) is 6.65. The summed E-state index contributed by atoms with van der Waals surface area (Å²) >= 11 is 1.49. The standard InChI is InChI=1S/C25H25N7O2S/c1-31-11-9-25(34,23(31)33)17-5-3-4-16(12-17)22-27-20(14-35-22)18-8-10-26-24(28-18)29-21-13-19(15-6-7-15)30-32(21)2/h3-5,8,10,12-15,34H,6-7,9,11H2,1-2H3,(H,26,28,29)/t25-/m1/s1. The number of aromatic nitrogens is 5. The van der Waals surface area contributed by atoms with Gasteiger partial charge in [-0.05, 0) is 30.5 Å². The Hall–Kier alpha value is -3.63. The van der Waals surface area contributed by atoms with Gasteiger partial charge in [0.25, 0.3) is 5.91 Å². The fourth-order valence-electron chi connectivity index (χ4n) is 4.42. The highest BCUT2D eigenvalue weighted by Gasteiger charge is 2.45. The summed E-state index contributed by atoms with van der Waals surface area (Å²) < 4.78 is 1.82. The number of benzene rings is 1. The van der Waals surface area contributed by atoms with Crippen molar-refractivity contribution in [1.29, 1.82) is 0 Å². The third-order valence-corrected chi connectivity index (χ3v) is 7.54. The van der Waals surface area contributed by atoms with Gasteiger partial charge in [0.15, 0.2) is 5.60 Å². The van der Waals surface area contributed by atoms with Crippen LogP contribution in [0.15, 0.2) is 48.0 Å². The van der Waals surface area contributed by atoms with E-state index in [2.05, 4.69) is 26.4 Å². The van der Waals surface area contributed by atoms with Gasteiger partial charge >= 0.3 is 0 Å². The van der Waals surface area contributed by atoms with Crippen LogP contribution in [0.3, 0.4) is 0 Å². The lowest BCUT2D eigenvalue weighted by Crippen LogP contribution is -2.36. The van der Waals surface area contributed by atoms with Crippen molar-refractivity contribution in [3.05, 3.63) is 59.2 Å². The van der Waals surface area contributed by atoms with Crippen molar-refractivity contribution in [1.82, 2.24) is 29.6 Å². The molecule has 2 aliphatic rings. The largest absolute Gasteiger partial charge is 0.375 e. The number of aryl methyl sites for hydroxylation is 1. The molecule has 2 fully saturated rings. The number of nitrogens with one attached hydrogen (secondary N) is 1. The van der Waals surface area contributed by atoms with Crippen LogP contribution in [0.5, 0.6) is 0 Å². The van der Waals surface area contributed by atoms with Gasteiger partial charge in [0.05, 0.1) is 11.4 Å². The second-order valence-electron chi connectivity index (χ2n) is 9.20. The summed E-state index contributed by atoms with van der Waals surface area (Å²) in [6.07, 6.45) is 4.49. The molecule has 0 unspecified atom stereocenters. The predicted molar refractivity (Wildman–Crippen MR) is 133 cm³/mol. The molecule has 2 N–H and O–H groups in total. The summed E-state index contributed by atoms with van der Waals surface area (Å²) in [5, 5.41) is 21.6. The Morgan fingerprint density at radius 2 is 2.00 bits per heavy atom. The smallest absolute Gasteiger partial charge is 0.258 e. The molecular weight excluding hydrogens is 462 g/mol. The van der Waals surface area contributed by atoms with Crippen LogP contribution in [0.4, 0.5) is 11.8 Å². The number of hydrogen-bond donors (Lipinski definition) is 2. The Labute approximate surface area is 206 Å². The van der Waals surface area contributed by atoms with E-state index in [1.54, 1.807) is 24.2 Å². The maximum atomic E-state index is 12.5. The Kier molecular flexibility index (Phi) is 5.15. The molecule has 1 amide bonds. The van der Waals surface area contributed by atoms with Crippen LogP contribution in [0.25, 0.3) is 22.0 Å². The molecule has 1 atom stereocenters. The number of hydrogen-bond acceptors (Lipinski definition) is 8. The molecule has 10 heteroatoms. The number of rotatable bonds is 6. The number of aliphatic hydroxyl groups is 1. The zero-order valence-corrected chi connectivity index (χ0v) is 20.3. The number of anilines is 2. The molecule has 178 valence electrons. The molecule has 6 rings (SSSR count). The number of amides is 1. The van der Waals surface area contributed by atoms with Gasteiger partial charge in [-0.2, -0.15) is 5.10 Å². The van der Waals surface area contributed by atoms with E-state index in [1.165, 1.54) is 24.2 Å². The number of likely N-dealkylation sites (N-methyl/N-ethyl adjacent to an activating group) is 1. The van der Waals surface area contributed by atoms with Crippen molar-refractivity contribution in [3.63, 3.8) is 0 Å². The molecule has 1 saturated carbocycles. The summed E-state index contributed by atoms with van der Waals surface area (Å²) in [7, 11) is 3.62. The van der Waals surface area contributed by atoms with Gasteiger partial charge in [-0.1, -0.05) is 18.2 Å². The predicted octanol–water partition coefficient (Wildman–Crippen LogP) is 3.67. The van der Waals surface area contributed by atoms with Crippen molar-refractivity contribution in [2.75, 3.05) is 18.9 Å². The molecule has 4 heterocycles. The van der Waals surface area contributed by atoms with Crippen LogP contribution in [0, 0.1) is 0 Å². The van der Waals surface area contributed by atoms with Crippen molar-refractivity contribution in [2.45, 2.75) is 30.8 Å². The van der Waals surface area contributed by atoms with E-state index in [4.69, 9.17) is 4.98 Å². The summed E-state index contributed by atoms with van der Waals surface area (Å²) in [5.74, 6) is 1.64. The topological polar surface area (TPSA) is 109 Å². The van der Waals surface area contributed by atoms with E-state index >= 15 is 0 Å². The fraction of sp³-hybridized carbons (Fsp3) is 0.320. The van der Waals surface area contributed by atoms with E-state index in [0.29, 0.717) is 36.1 Å². The lowest BCUT2D eigenvalue weighted by molar-refractivity contribution is -0.143. The quantitative estimate of drug-likeness (QED) is 0.427.